The Morgan fingerprint density at radius 2 is 1.58 bits per heavy atom. The van der Waals surface area contributed by atoms with E-state index in [9.17, 15) is 5.11 Å². The Morgan fingerprint density at radius 3 is 2.42 bits per heavy atom. The monoisotopic (exact) mass is 313 g/mol. The van der Waals surface area contributed by atoms with E-state index in [0.29, 0.717) is 5.95 Å². The highest BCUT2D eigenvalue weighted by atomic mass is 16.3. The summed E-state index contributed by atoms with van der Waals surface area (Å²) in [6.07, 6.45) is 1.74. The first-order valence-electron chi connectivity index (χ1n) is 7.66. The molecule has 3 aromatic carbocycles. The molecule has 0 saturated heterocycles. The van der Waals surface area contributed by atoms with Crippen molar-refractivity contribution in [3.8, 4) is 17.0 Å². The van der Waals surface area contributed by atoms with Crippen LogP contribution in [0.3, 0.4) is 0 Å². The fourth-order valence-electron chi connectivity index (χ4n) is 2.60. The summed E-state index contributed by atoms with van der Waals surface area (Å²) in [7, 11) is 0. The molecule has 0 atom stereocenters. The number of nitrogens with one attached hydrogen (secondary N) is 1. The number of phenolic OH excluding ortho intramolecular Hbond substituents is 1. The van der Waals surface area contributed by atoms with Crippen LogP contribution in [0.4, 0.5) is 11.6 Å². The van der Waals surface area contributed by atoms with Gasteiger partial charge in [0.15, 0.2) is 0 Å². The first-order chi connectivity index (χ1) is 11.8. The summed E-state index contributed by atoms with van der Waals surface area (Å²) in [5, 5.41) is 14.9. The second-order valence-corrected chi connectivity index (χ2v) is 5.50. The normalized spacial score (nSPS) is 10.7. The number of benzene rings is 3. The molecule has 0 spiro atoms. The second kappa shape index (κ2) is 6.01. The van der Waals surface area contributed by atoms with Crippen LogP contribution in [0.1, 0.15) is 0 Å². The van der Waals surface area contributed by atoms with Gasteiger partial charge >= 0.3 is 0 Å². The first-order valence-corrected chi connectivity index (χ1v) is 7.66. The molecule has 4 rings (SSSR count). The number of rotatable bonds is 3. The van der Waals surface area contributed by atoms with E-state index in [2.05, 4.69) is 45.6 Å². The van der Waals surface area contributed by atoms with Crippen molar-refractivity contribution >= 4 is 22.4 Å². The maximum Gasteiger partial charge on any atom is 0.227 e. The minimum atomic E-state index is 0.228. The minimum absolute atomic E-state index is 0.228. The summed E-state index contributed by atoms with van der Waals surface area (Å²) in [5.41, 5.74) is 2.73. The van der Waals surface area contributed by atoms with Crippen LogP contribution < -0.4 is 5.32 Å². The van der Waals surface area contributed by atoms with Crippen molar-refractivity contribution in [3.63, 3.8) is 0 Å². The van der Waals surface area contributed by atoms with Gasteiger partial charge in [-0.05, 0) is 47.2 Å². The van der Waals surface area contributed by atoms with Gasteiger partial charge in [0.1, 0.15) is 5.75 Å². The number of phenols is 1. The van der Waals surface area contributed by atoms with Crippen LogP contribution in [0.15, 0.2) is 79.0 Å². The molecule has 0 bridgehead atoms. The maximum absolute atomic E-state index is 9.34. The summed E-state index contributed by atoms with van der Waals surface area (Å²) in [5.74, 6) is 0.748. The summed E-state index contributed by atoms with van der Waals surface area (Å²) in [4.78, 5) is 8.84. The lowest BCUT2D eigenvalue weighted by atomic mass is 10.1. The number of hydrogen-bond acceptors (Lipinski definition) is 4. The zero-order valence-corrected chi connectivity index (χ0v) is 12.8. The molecule has 1 aromatic heterocycles. The topological polar surface area (TPSA) is 58.0 Å². The molecular weight excluding hydrogens is 298 g/mol. The SMILES string of the molecule is Oc1ccc(Nc2nccc(-c3ccc4ccccc4c3)n2)cc1. The molecule has 2 N–H and O–H groups in total. The van der Waals surface area contributed by atoms with Crippen LogP contribution in [0, 0.1) is 0 Å². The third kappa shape index (κ3) is 2.90. The highest BCUT2D eigenvalue weighted by Gasteiger charge is 2.04. The predicted molar refractivity (Wildman–Crippen MR) is 96.4 cm³/mol. The molecule has 4 heteroatoms. The van der Waals surface area contributed by atoms with Crippen LogP contribution in [0.25, 0.3) is 22.0 Å². The number of anilines is 2. The first kappa shape index (κ1) is 14.2. The van der Waals surface area contributed by atoms with Crippen molar-refractivity contribution in [2.24, 2.45) is 0 Å². The Morgan fingerprint density at radius 1 is 0.792 bits per heavy atom. The number of aromatic hydroxyl groups is 1. The Labute approximate surface area is 139 Å². The largest absolute Gasteiger partial charge is 0.508 e. The zero-order valence-electron chi connectivity index (χ0n) is 12.8. The molecule has 0 amide bonds. The van der Waals surface area contributed by atoms with E-state index in [1.54, 1.807) is 30.5 Å². The molecular formula is C20H15N3O. The van der Waals surface area contributed by atoms with Crippen LogP contribution in [-0.4, -0.2) is 15.1 Å². The van der Waals surface area contributed by atoms with Crippen molar-refractivity contribution in [1.82, 2.24) is 9.97 Å². The van der Waals surface area contributed by atoms with Gasteiger partial charge in [-0.1, -0.05) is 36.4 Å². The average molecular weight is 313 g/mol. The van der Waals surface area contributed by atoms with Crippen molar-refractivity contribution < 1.29 is 5.11 Å². The van der Waals surface area contributed by atoms with E-state index in [1.165, 1.54) is 10.8 Å². The molecule has 0 aliphatic heterocycles. The van der Waals surface area contributed by atoms with Gasteiger partial charge in [0.25, 0.3) is 0 Å². The number of nitrogens with zero attached hydrogens (tertiary/aromatic N) is 2. The van der Waals surface area contributed by atoms with Gasteiger partial charge in [0, 0.05) is 17.4 Å². The highest BCUT2D eigenvalue weighted by molar-refractivity contribution is 5.86. The summed E-state index contributed by atoms with van der Waals surface area (Å²) in [6, 6.07) is 23.2. The van der Waals surface area contributed by atoms with Gasteiger partial charge in [0.2, 0.25) is 5.95 Å². The van der Waals surface area contributed by atoms with Crippen LogP contribution in [0.5, 0.6) is 5.75 Å². The van der Waals surface area contributed by atoms with E-state index in [-0.39, 0.29) is 5.75 Å². The van der Waals surface area contributed by atoms with Gasteiger partial charge in [-0.25, -0.2) is 9.97 Å². The van der Waals surface area contributed by atoms with Crippen molar-refractivity contribution in [3.05, 3.63) is 79.0 Å². The quantitative estimate of drug-likeness (QED) is 0.536. The molecule has 4 aromatic rings. The lowest BCUT2D eigenvalue weighted by Gasteiger charge is -2.07. The maximum atomic E-state index is 9.34. The Hall–Kier alpha value is -3.40. The Bertz CT molecular complexity index is 997. The molecule has 1 heterocycles. The molecule has 0 saturated carbocycles. The van der Waals surface area contributed by atoms with E-state index >= 15 is 0 Å². The molecule has 24 heavy (non-hydrogen) atoms. The predicted octanol–water partition coefficient (Wildman–Crippen LogP) is 4.75. The fourth-order valence-corrected chi connectivity index (χ4v) is 2.60. The van der Waals surface area contributed by atoms with Gasteiger partial charge in [0.05, 0.1) is 5.69 Å². The molecule has 4 nitrogen and oxygen atoms in total. The number of fused-ring (bicyclic) bond motifs is 1. The van der Waals surface area contributed by atoms with Crippen molar-refractivity contribution in [1.29, 1.82) is 0 Å². The Balaban J connectivity index is 1.67. The van der Waals surface area contributed by atoms with Gasteiger partial charge in [-0.2, -0.15) is 0 Å². The van der Waals surface area contributed by atoms with E-state index < -0.39 is 0 Å². The molecule has 116 valence electrons. The minimum Gasteiger partial charge on any atom is -0.508 e. The van der Waals surface area contributed by atoms with Crippen molar-refractivity contribution in [2.45, 2.75) is 0 Å². The number of aromatic nitrogens is 2. The van der Waals surface area contributed by atoms with E-state index in [4.69, 9.17) is 0 Å². The van der Waals surface area contributed by atoms with Gasteiger partial charge < -0.3 is 10.4 Å². The lowest BCUT2D eigenvalue weighted by molar-refractivity contribution is 0.475. The molecule has 0 unspecified atom stereocenters. The van der Waals surface area contributed by atoms with Gasteiger partial charge in [-0.3, -0.25) is 0 Å². The second-order valence-electron chi connectivity index (χ2n) is 5.50. The fraction of sp³-hybridized carbons (Fsp3) is 0. The summed E-state index contributed by atoms with van der Waals surface area (Å²) < 4.78 is 0. The molecule has 0 radical (unpaired) electrons. The molecule has 0 fully saturated rings. The van der Waals surface area contributed by atoms with Crippen molar-refractivity contribution in [2.75, 3.05) is 5.32 Å². The third-order valence-corrected chi connectivity index (χ3v) is 3.82. The van der Waals surface area contributed by atoms with Crippen LogP contribution in [-0.2, 0) is 0 Å². The molecule has 0 aliphatic rings. The summed E-state index contributed by atoms with van der Waals surface area (Å²) >= 11 is 0. The lowest BCUT2D eigenvalue weighted by Crippen LogP contribution is -1.97. The van der Waals surface area contributed by atoms with E-state index in [1.807, 2.05) is 18.2 Å². The average Bonchev–Trinajstić information content (AvgIpc) is 2.63. The third-order valence-electron chi connectivity index (χ3n) is 3.82. The molecule has 0 aliphatic carbocycles. The zero-order chi connectivity index (χ0) is 16.4. The van der Waals surface area contributed by atoms with Gasteiger partial charge in [-0.15, -0.1) is 0 Å². The standard InChI is InChI=1S/C20H15N3O/c24-18-9-7-17(8-10-18)22-20-21-12-11-19(23-20)16-6-5-14-3-1-2-4-15(14)13-16/h1-13,24H,(H,21,22,23). The van der Waals surface area contributed by atoms with Crippen LogP contribution >= 0.6 is 0 Å². The smallest absolute Gasteiger partial charge is 0.227 e. The van der Waals surface area contributed by atoms with E-state index in [0.717, 1.165) is 16.9 Å². The Kier molecular flexibility index (Phi) is 3.56. The van der Waals surface area contributed by atoms with Crippen LogP contribution in [0.2, 0.25) is 0 Å². The number of hydrogen-bond donors (Lipinski definition) is 2. The highest BCUT2D eigenvalue weighted by Crippen LogP contribution is 2.24. The summed E-state index contributed by atoms with van der Waals surface area (Å²) in [6.45, 7) is 0.